The van der Waals surface area contributed by atoms with E-state index >= 15 is 0 Å². The third-order valence-corrected chi connectivity index (χ3v) is 6.16. The summed E-state index contributed by atoms with van der Waals surface area (Å²) in [5.74, 6) is 0. The average molecular weight is 624 g/mol. The Balaban J connectivity index is 0.000000161. The van der Waals surface area contributed by atoms with Gasteiger partial charge in [-0.2, -0.15) is 0 Å². The molecule has 4 heteroatoms. The fourth-order valence-corrected chi connectivity index (χ4v) is 3.63. The summed E-state index contributed by atoms with van der Waals surface area (Å²) < 4.78 is 4.44. The molecule has 0 heterocycles. The van der Waals surface area contributed by atoms with Gasteiger partial charge in [0.1, 0.15) is 0 Å². The summed E-state index contributed by atoms with van der Waals surface area (Å²) in [4.78, 5) is 0. The van der Waals surface area contributed by atoms with Crippen LogP contribution in [0.1, 0.15) is 0 Å². The summed E-state index contributed by atoms with van der Waals surface area (Å²) in [6.07, 6.45) is 0. The van der Waals surface area contributed by atoms with Gasteiger partial charge in [0.15, 0.2) is 0 Å². The van der Waals surface area contributed by atoms with Crippen LogP contribution in [0.5, 0.6) is 0 Å². The Morgan fingerprint density at radius 3 is 0.536 bits per heavy atom. The normalized spacial score (nSPS) is 10.1. The zero-order valence-electron chi connectivity index (χ0n) is 14.7. The third kappa shape index (κ3) is 6.41. The fourth-order valence-electron chi connectivity index (χ4n) is 2.57. The summed E-state index contributed by atoms with van der Waals surface area (Å²) in [7, 11) is 0. The minimum Gasteiger partial charge on any atom is -0.0533 e. The molecular weight excluding hydrogens is 608 g/mol. The van der Waals surface area contributed by atoms with Crippen LogP contribution in [-0.2, 0) is 0 Å². The van der Waals surface area contributed by atoms with Crippen molar-refractivity contribution in [2.45, 2.75) is 0 Å². The van der Waals surface area contributed by atoms with E-state index in [1.165, 1.54) is 22.3 Å². The topological polar surface area (TPSA) is 0 Å². The maximum atomic E-state index is 3.42. The van der Waals surface area contributed by atoms with E-state index in [1.807, 2.05) is 0 Å². The predicted octanol–water partition coefficient (Wildman–Crippen LogP) is 9.76. The van der Waals surface area contributed by atoms with Gasteiger partial charge in [-0.1, -0.05) is 112 Å². The Morgan fingerprint density at radius 1 is 0.250 bits per heavy atom. The molecule has 0 aliphatic rings. The number of hydrogen-bond donors (Lipinski definition) is 0. The van der Waals surface area contributed by atoms with Crippen LogP contribution in [0.4, 0.5) is 0 Å². The lowest BCUT2D eigenvalue weighted by molar-refractivity contribution is 1.58. The molecule has 4 aromatic rings. The van der Waals surface area contributed by atoms with Crippen molar-refractivity contribution in [3.8, 4) is 22.3 Å². The van der Waals surface area contributed by atoms with Gasteiger partial charge in [-0.25, -0.2) is 0 Å². The van der Waals surface area contributed by atoms with Crippen LogP contribution in [0.15, 0.2) is 115 Å². The Morgan fingerprint density at radius 2 is 0.393 bits per heavy atom. The van der Waals surface area contributed by atoms with Crippen molar-refractivity contribution in [1.29, 1.82) is 0 Å². The van der Waals surface area contributed by atoms with Crippen LogP contribution < -0.4 is 0 Å². The first-order chi connectivity index (χ1) is 13.5. The highest BCUT2D eigenvalue weighted by Gasteiger charge is 1.97. The molecule has 0 radical (unpaired) electrons. The first-order valence-electron chi connectivity index (χ1n) is 8.54. The summed E-state index contributed by atoms with van der Waals surface area (Å²) in [6, 6.07) is 33.3. The second kappa shape index (κ2) is 10.5. The Hall–Kier alpha value is -1.20. The molecule has 0 N–H and O–H groups in total. The lowest BCUT2D eigenvalue weighted by atomic mass is 10.1. The zero-order valence-corrected chi connectivity index (χ0v) is 21.1. The van der Waals surface area contributed by atoms with Crippen molar-refractivity contribution >= 4 is 63.7 Å². The SMILES string of the molecule is Brc1ccc(-c2ccc(Br)cc2)cc1.Brc1ccc(-c2ccc(Br)cc2)cc1. The van der Waals surface area contributed by atoms with Gasteiger partial charge in [-0.15, -0.1) is 0 Å². The van der Waals surface area contributed by atoms with E-state index in [9.17, 15) is 0 Å². The minimum absolute atomic E-state index is 1.11. The van der Waals surface area contributed by atoms with Crippen molar-refractivity contribution in [3.05, 3.63) is 115 Å². The first kappa shape index (κ1) is 21.5. The molecule has 0 unspecified atom stereocenters. The number of hydrogen-bond acceptors (Lipinski definition) is 0. The Kier molecular flexibility index (Phi) is 8.10. The van der Waals surface area contributed by atoms with Crippen LogP contribution >= 0.6 is 63.7 Å². The van der Waals surface area contributed by atoms with E-state index in [0.717, 1.165) is 17.9 Å². The van der Waals surface area contributed by atoms with Gasteiger partial charge in [0.2, 0.25) is 0 Å². The van der Waals surface area contributed by atoms with Crippen LogP contribution in [0.25, 0.3) is 22.3 Å². The van der Waals surface area contributed by atoms with Gasteiger partial charge in [0.05, 0.1) is 0 Å². The molecule has 0 atom stereocenters. The van der Waals surface area contributed by atoms with E-state index in [-0.39, 0.29) is 0 Å². The van der Waals surface area contributed by atoms with Crippen LogP contribution in [-0.4, -0.2) is 0 Å². The second-order valence-corrected chi connectivity index (χ2v) is 9.69. The molecule has 28 heavy (non-hydrogen) atoms. The van der Waals surface area contributed by atoms with E-state index < -0.39 is 0 Å². The quantitative estimate of drug-likeness (QED) is 0.209. The van der Waals surface area contributed by atoms with Crippen molar-refractivity contribution < 1.29 is 0 Å². The van der Waals surface area contributed by atoms with E-state index in [0.29, 0.717) is 0 Å². The molecule has 0 aliphatic heterocycles. The van der Waals surface area contributed by atoms with Crippen LogP contribution in [0.3, 0.4) is 0 Å². The summed E-state index contributed by atoms with van der Waals surface area (Å²) >= 11 is 13.7. The van der Waals surface area contributed by atoms with Gasteiger partial charge >= 0.3 is 0 Å². The largest absolute Gasteiger partial charge is 0.0533 e. The number of halogens is 4. The maximum absolute atomic E-state index is 3.42. The number of benzene rings is 4. The molecule has 0 saturated heterocycles. The highest BCUT2D eigenvalue weighted by molar-refractivity contribution is 9.11. The molecule has 0 saturated carbocycles. The van der Waals surface area contributed by atoms with Crippen LogP contribution in [0.2, 0.25) is 0 Å². The maximum Gasteiger partial charge on any atom is 0.0175 e. The first-order valence-corrected chi connectivity index (χ1v) is 11.7. The predicted molar refractivity (Wildman–Crippen MR) is 135 cm³/mol. The molecule has 0 nitrogen and oxygen atoms in total. The lowest BCUT2D eigenvalue weighted by Gasteiger charge is -2.01. The Labute approximate surface area is 199 Å². The molecule has 4 rings (SSSR count). The monoisotopic (exact) mass is 620 g/mol. The Bertz CT molecular complexity index is 830. The highest BCUT2D eigenvalue weighted by Crippen LogP contribution is 2.24. The smallest absolute Gasteiger partial charge is 0.0175 e. The molecule has 0 spiro atoms. The van der Waals surface area contributed by atoms with Crippen molar-refractivity contribution in [2.75, 3.05) is 0 Å². The summed E-state index contributed by atoms with van der Waals surface area (Å²) in [6.45, 7) is 0. The van der Waals surface area contributed by atoms with Crippen LogP contribution in [0, 0.1) is 0 Å². The zero-order chi connectivity index (χ0) is 19.9. The van der Waals surface area contributed by atoms with Gasteiger partial charge < -0.3 is 0 Å². The molecule has 140 valence electrons. The standard InChI is InChI=1S/2C12H8Br2/c2*13-11-5-1-9(2-6-11)10-3-7-12(14)8-4-10/h2*1-8H. The summed E-state index contributed by atoms with van der Waals surface area (Å²) in [5.41, 5.74) is 4.95. The van der Waals surface area contributed by atoms with E-state index in [1.54, 1.807) is 0 Å². The van der Waals surface area contributed by atoms with E-state index in [4.69, 9.17) is 0 Å². The molecule has 0 aromatic heterocycles. The second-order valence-electron chi connectivity index (χ2n) is 6.03. The van der Waals surface area contributed by atoms with Gasteiger partial charge in [0, 0.05) is 17.9 Å². The molecule has 0 fully saturated rings. The molecular formula is C24H16Br4. The van der Waals surface area contributed by atoms with Gasteiger partial charge in [-0.3, -0.25) is 0 Å². The highest BCUT2D eigenvalue weighted by atomic mass is 79.9. The van der Waals surface area contributed by atoms with Gasteiger partial charge in [-0.05, 0) is 70.8 Å². The molecule has 0 aliphatic carbocycles. The average Bonchev–Trinajstić information content (AvgIpc) is 2.71. The molecule has 0 bridgehead atoms. The fraction of sp³-hybridized carbons (Fsp3) is 0. The van der Waals surface area contributed by atoms with Crippen molar-refractivity contribution in [2.24, 2.45) is 0 Å². The third-order valence-electron chi connectivity index (χ3n) is 4.04. The number of rotatable bonds is 2. The van der Waals surface area contributed by atoms with Gasteiger partial charge in [0.25, 0.3) is 0 Å². The molecule has 4 aromatic carbocycles. The molecule has 0 amide bonds. The lowest BCUT2D eigenvalue weighted by Crippen LogP contribution is -1.76. The van der Waals surface area contributed by atoms with Crippen molar-refractivity contribution in [3.63, 3.8) is 0 Å². The van der Waals surface area contributed by atoms with E-state index in [2.05, 4.69) is 161 Å². The summed E-state index contributed by atoms with van der Waals surface area (Å²) in [5, 5.41) is 0. The van der Waals surface area contributed by atoms with Crippen molar-refractivity contribution in [1.82, 2.24) is 0 Å². The minimum atomic E-state index is 1.11.